The van der Waals surface area contributed by atoms with Gasteiger partial charge in [0.05, 0.1) is 11.1 Å². The van der Waals surface area contributed by atoms with Crippen molar-refractivity contribution < 1.29 is 17.9 Å². The van der Waals surface area contributed by atoms with Gasteiger partial charge in [-0.25, -0.2) is 0 Å². The first-order chi connectivity index (χ1) is 7.73. The molecule has 0 aromatic carbocycles. The summed E-state index contributed by atoms with van der Waals surface area (Å²) in [7, 11) is 1.65. The smallest absolute Gasteiger partial charge is 0.393 e. The van der Waals surface area contributed by atoms with Crippen LogP contribution >= 0.6 is 12.2 Å². The van der Waals surface area contributed by atoms with Crippen LogP contribution in [0.25, 0.3) is 0 Å². The molecule has 17 heavy (non-hydrogen) atoms. The fraction of sp³-hybridized carbons (Fsp3) is 0.900. The number of alkyl halides is 3. The first kappa shape index (κ1) is 14.7. The molecule has 1 aliphatic rings. The second-order valence-electron chi connectivity index (χ2n) is 4.37. The summed E-state index contributed by atoms with van der Waals surface area (Å²) in [5.74, 6) is -1.75. The first-order valence-electron chi connectivity index (χ1n) is 5.41. The maximum Gasteiger partial charge on any atom is 0.399 e. The summed E-state index contributed by atoms with van der Waals surface area (Å²) in [6.45, 7) is 2.23. The number of nitrogens with two attached hydrogens (primary N) is 1. The summed E-state index contributed by atoms with van der Waals surface area (Å²) in [5, 5.41) is 0. The highest BCUT2D eigenvalue weighted by Crippen LogP contribution is 2.29. The molecule has 3 nitrogen and oxygen atoms in total. The molecule has 0 bridgehead atoms. The molecule has 1 fully saturated rings. The molecular formula is C10H17F3N2OS. The Morgan fingerprint density at radius 2 is 2.18 bits per heavy atom. The van der Waals surface area contributed by atoms with Crippen molar-refractivity contribution in [3.63, 3.8) is 0 Å². The number of halogens is 3. The van der Waals surface area contributed by atoms with E-state index in [0.717, 1.165) is 6.42 Å². The number of nitrogens with zero attached hydrogens (tertiary/aromatic N) is 1. The van der Waals surface area contributed by atoms with Gasteiger partial charge in [0.15, 0.2) is 0 Å². The number of likely N-dealkylation sites (N-methyl/N-ethyl adjacent to an activating group) is 1. The van der Waals surface area contributed by atoms with Crippen LogP contribution in [0.1, 0.15) is 13.3 Å². The molecule has 7 heteroatoms. The van der Waals surface area contributed by atoms with Gasteiger partial charge in [-0.1, -0.05) is 12.2 Å². The Bertz CT molecular complexity index is 285. The van der Waals surface area contributed by atoms with E-state index < -0.39 is 17.1 Å². The molecule has 1 heterocycles. The SMILES string of the molecule is CC1OCCC1N(C)CC(C(N)=S)C(F)(F)F. The van der Waals surface area contributed by atoms with Crippen molar-refractivity contribution in [1.82, 2.24) is 4.90 Å². The molecule has 100 valence electrons. The molecule has 1 rings (SSSR count). The monoisotopic (exact) mass is 270 g/mol. The molecule has 0 aromatic rings. The Morgan fingerprint density at radius 3 is 2.53 bits per heavy atom. The van der Waals surface area contributed by atoms with Crippen molar-refractivity contribution in [2.45, 2.75) is 31.7 Å². The number of ether oxygens (including phenoxy) is 1. The predicted molar refractivity (Wildman–Crippen MR) is 62.8 cm³/mol. The van der Waals surface area contributed by atoms with Gasteiger partial charge in [-0.3, -0.25) is 4.90 Å². The minimum absolute atomic E-state index is 0.00537. The highest BCUT2D eigenvalue weighted by atomic mass is 32.1. The van der Waals surface area contributed by atoms with E-state index in [9.17, 15) is 13.2 Å². The average Bonchev–Trinajstić information content (AvgIpc) is 2.58. The van der Waals surface area contributed by atoms with E-state index in [2.05, 4.69) is 12.2 Å². The number of thiocarbonyl (C=S) groups is 1. The van der Waals surface area contributed by atoms with Gasteiger partial charge < -0.3 is 10.5 Å². The van der Waals surface area contributed by atoms with Crippen molar-refractivity contribution >= 4 is 17.2 Å². The third-order valence-corrected chi connectivity index (χ3v) is 3.40. The van der Waals surface area contributed by atoms with Crippen LogP contribution in [-0.4, -0.2) is 48.4 Å². The van der Waals surface area contributed by atoms with Crippen molar-refractivity contribution in [3.05, 3.63) is 0 Å². The topological polar surface area (TPSA) is 38.5 Å². The van der Waals surface area contributed by atoms with Gasteiger partial charge >= 0.3 is 6.18 Å². The summed E-state index contributed by atoms with van der Waals surface area (Å²) in [6, 6.07) is -0.00537. The molecule has 0 spiro atoms. The molecule has 2 N–H and O–H groups in total. The summed E-state index contributed by atoms with van der Waals surface area (Å²) in [5.41, 5.74) is 5.16. The fourth-order valence-corrected chi connectivity index (χ4v) is 2.29. The van der Waals surface area contributed by atoms with Crippen LogP contribution in [0.15, 0.2) is 0 Å². The van der Waals surface area contributed by atoms with Gasteiger partial charge in [-0.2, -0.15) is 13.2 Å². The second kappa shape index (κ2) is 5.49. The molecule has 0 radical (unpaired) electrons. The van der Waals surface area contributed by atoms with E-state index >= 15 is 0 Å². The van der Waals surface area contributed by atoms with E-state index in [1.807, 2.05) is 6.92 Å². The third kappa shape index (κ3) is 3.79. The molecule has 0 aliphatic carbocycles. The third-order valence-electron chi connectivity index (χ3n) is 3.11. The Hall–Kier alpha value is -0.400. The largest absolute Gasteiger partial charge is 0.399 e. The van der Waals surface area contributed by atoms with Crippen LogP contribution in [0, 0.1) is 5.92 Å². The Labute approximate surface area is 104 Å². The number of hydrogen-bond acceptors (Lipinski definition) is 3. The van der Waals surface area contributed by atoms with Crippen LogP contribution in [0.5, 0.6) is 0 Å². The lowest BCUT2D eigenvalue weighted by Gasteiger charge is -2.30. The van der Waals surface area contributed by atoms with Gasteiger partial charge in [0.25, 0.3) is 0 Å². The molecule has 1 aliphatic heterocycles. The zero-order chi connectivity index (χ0) is 13.2. The first-order valence-corrected chi connectivity index (χ1v) is 5.82. The van der Waals surface area contributed by atoms with Crippen LogP contribution in [-0.2, 0) is 4.74 Å². The van der Waals surface area contributed by atoms with Gasteiger partial charge in [-0.15, -0.1) is 0 Å². The molecule has 3 atom stereocenters. The van der Waals surface area contributed by atoms with Crippen LogP contribution in [0.3, 0.4) is 0 Å². The lowest BCUT2D eigenvalue weighted by molar-refractivity contribution is -0.160. The molecule has 0 amide bonds. The van der Waals surface area contributed by atoms with E-state index in [0.29, 0.717) is 6.61 Å². The minimum atomic E-state index is -4.39. The summed E-state index contributed by atoms with van der Waals surface area (Å²) >= 11 is 4.49. The second-order valence-corrected chi connectivity index (χ2v) is 4.84. The molecular weight excluding hydrogens is 253 g/mol. The Balaban J connectivity index is 2.64. The summed E-state index contributed by atoms with van der Waals surface area (Å²) < 4.78 is 43.4. The van der Waals surface area contributed by atoms with Crippen molar-refractivity contribution in [1.29, 1.82) is 0 Å². The van der Waals surface area contributed by atoms with Gasteiger partial charge in [-0.05, 0) is 20.4 Å². The van der Waals surface area contributed by atoms with E-state index in [1.165, 1.54) is 0 Å². The number of rotatable bonds is 4. The maximum atomic E-state index is 12.7. The van der Waals surface area contributed by atoms with Gasteiger partial charge in [0.2, 0.25) is 0 Å². The highest BCUT2D eigenvalue weighted by Gasteiger charge is 2.43. The van der Waals surface area contributed by atoms with Gasteiger partial charge in [0, 0.05) is 19.2 Å². The highest BCUT2D eigenvalue weighted by molar-refractivity contribution is 7.80. The van der Waals surface area contributed by atoms with Crippen LogP contribution < -0.4 is 5.73 Å². The zero-order valence-electron chi connectivity index (χ0n) is 9.83. The summed E-state index contributed by atoms with van der Waals surface area (Å²) in [4.78, 5) is 1.13. The minimum Gasteiger partial charge on any atom is -0.393 e. The molecule has 0 saturated carbocycles. The zero-order valence-corrected chi connectivity index (χ0v) is 10.6. The Morgan fingerprint density at radius 1 is 1.59 bits per heavy atom. The standard InChI is InChI=1S/C10H17F3N2OS/c1-6-8(3-4-16-6)15(2)5-7(9(14)17)10(11,12)13/h6-8H,3-5H2,1-2H3,(H2,14,17). The summed E-state index contributed by atoms with van der Waals surface area (Å²) in [6.07, 6.45) is -3.71. The van der Waals surface area contributed by atoms with E-state index in [1.54, 1.807) is 11.9 Å². The maximum absolute atomic E-state index is 12.7. The predicted octanol–water partition coefficient (Wildman–Crippen LogP) is 1.56. The lowest BCUT2D eigenvalue weighted by Crippen LogP contribution is -2.47. The fourth-order valence-electron chi connectivity index (χ4n) is 2.08. The average molecular weight is 270 g/mol. The van der Waals surface area contributed by atoms with Crippen molar-refractivity contribution in [3.8, 4) is 0 Å². The Kier molecular flexibility index (Phi) is 4.74. The van der Waals surface area contributed by atoms with Crippen molar-refractivity contribution in [2.75, 3.05) is 20.2 Å². The van der Waals surface area contributed by atoms with Gasteiger partial charge in [0.1, 0.15) is 5.92 Å². The van der Waals surface area contributed by atoms with E-state index in [4.69, 9.17) is 10.5 Å². The molecule has 3 unspecified atom stereocenters. The van der Waals surface area contributed by atoms with Crippen LogP contribution in [0.4, 0.5) is 13.2 Å². The van der Waals surface area contributed by atoms with Crippen LogP contribution in [0.2, 0.25) is 0 Å². The van der Waals surface area contributed by atoms with E-state index in [-0.39, 0.29) is 18.7 Å². The van der Waals surface area contributed by atoms with Crippen molar-refractivity contribution in [2.24, 2.45) is 11.7 Å². The lowest BCUT2D eigenvalue weighted by atomic mass is 10.1. The quantitative estimate of drug-likeness (QED) is 0.787. The molecule has 1 saturated heterocycles. The number of hydrogen-bond donors (Lipinski definition) is 1. The normalized spacial score (nSPS) is 27.4. The molecule has 0 aromatic heterocycles.